The molecule has 14 heavy (non-hydrogen) atoms. The maximum atomic E-state index is 11.1. The predicted octanol–water partition coefficient (Wildman–Crippen LogP) is -0.473. The quantitative estimate of drug-likeness (QED) is 0.634. The number of amides is 1. The number of piperazine rings is 1. The van der Waals surface area contributed by atoms with Gasteiger partial charge >= 0.3 is 0 Å². The van der Waals surface area contributed by atoms with Crippen LogP contribution in [0.1, 0.15) is 24.7 Å². The normalized spacial score (nSPS) is 27.4. The number of aryl methyl sites for hydroxylation is 1. The molecule has 0 bridgehead atoms. The first kappa shape index (κ1) is 9.14. The molecule has 2 rings (SSSR count). The van der Waals surface area contributed by atoms with E-state index >= 15 is 0 Å². The molecule has 76 valence electrons. The van der Waals surface area contributed by atoms with E-state index in [2.05, 4.69) is 20.8 Å². The van der Waals surface area contributed by atoms with E-state index < -0.39 is 0 Å². The van der Waals surface area contributed by atoms with E-state index in [9.17, 15) is 4.79 Å². The molecule has 1 fully saturated rings. The van der Waals surface area contributed by atoms with Crippen molar-refractivity contribution in [2.75, 3.05) is 6.54 Å². The Labute approximate surface area is 81.1 Å². The number of hydrogen-bond donors (Lipinski definition) is 2. The van der Waals surface area contributed by atoms with Crippen LogP contribution in [-0.2, 0) is 4.79 Å². The summed E-state index contributed by atoms with van der Waals surface area (Å²) in [5, 5.41) is 9.66. The molecule has 0 aromatic carbocycles. The Kier molecular flexibility index (Phi) is 2.20. The van der Waals surface area contributed by atoms with Gasteiger partial charge in [-0.2, -0.15) is 4.98 Å². The number of carbonyl (C=O) groups excluding carboxylic acids is 1. The molecule has 1 saturated heterocycles. The van der Waals surface area contributed by atoms with Gasteiger partial charge in [-0.3, -0.25) is 10.1 Å². The van der Waals surface area contributed by atoms with Gasteiger partial charge in [-0.15, -0.1) is 0 Å². The first-order valence-electron chi connectivity index (χ1n) is 4.51. The van der Waals surface area contributed by atoms with Crippen LogP contribution >= 0.6 is 0 Å². The van der Waals surface area contributed by atoms with Crippen molar-refractivity contribution in [1.82, 2.24) is 20.8 Å². The van der Waals surface area contributed by atoms with Crippen molar-refractivity contribution in [3.63, 3.8) is 0 Å². The molecule has 1 amide bonds. The molecule has 1 aliphatic heterocycles. The third-order valence-corrected chi connectivity index (χ3v) is 2.18. The highest BCUT2D eigenvalue weighted by Crippen LogP contribution is 2.11. The molecular formula is C8H12N4O2. The average Bonchev–Trinajstić information content (AvgIpc) is 2.57. The van der Waals surface area contributed by atoms with Gasteiger partial charge in [0.1, 0.15) is 0 Å². The molecule has 0 aliphatic carbocycles. The summed E-state index contributed by atoms with van der Waals surface area (Å²) < 4.78 is 4.87. The van der Waals surface area contributed by atoms with Crippen molar-refractivity contribution in [3.05, 3.63) is 11.7 Å². The highest BCUT2D eigenvalue weighted by atomic mass is 16.5. The van der Waals surface area contributed by atoms with Crippen molar-refractivity contribution in [2.45, 2.75) is 25.9 Å². The zero-order valence-corrected chi connectivity index (χ0v) is 8.07. The topological polar surface area (TPSA) is 80.0 Å². The standard InChI is InChI=1S/C8H12N4O2/c1-4-8(13)9-3-6(10-4)7-11-5(2)14-12-7/h4,6,10H,3H2,1-2H3,(H,9,13)/t4-,6?/m0/s1. The second-order valence-corrected chi connectivity index (χ2v) is 3.36. The van der Waals surface area contributed by atoms with Crippen molar-refractivity contribution >= 4 is 5.91 Å². The summed E-state index contributed by atoms with van der Waals surface area (Å²) in [6.07, 6.45) is 0. The van der Waals surface area contributed by atoms with E-state index in [4.69, 9.17) is 4.52 Å². The smallest absolute Gasteiger partial charge is 0.236 e. The third-order valence-electron chi connectivity index (χ3n) is 2.18. The maximum Gasteiger partial charge on any atom is 0.236 e. The fourth-order valence-corrected chi connectivity index (χ4v) is 1.41. The molecule has 1 aromatic heterocycles. The first-order valence-corrected chi connectivity index (χ1v) is 4.51. The first-order chi connectivity index (χ1) is 6.66. The number of hydrogen-bond acceptors (Lipinski definition) is 5. The Hall–Kier alpha value is -1.43. The molecule has 6 heteroatoms. The Morgan fingerprint density at radius 2 is 2.36 bits per heavy atom. The summed E-state index contributed by atoms with van der Waals surface area (Å²) >= 11 is 0. The zero-order chi connectivity index (χ0) is 10.1. The molecule has 2 heterocycles. The van der Waals surface area contributed by atoms with Gasteiger partial charge in [0.25, 0.3) is 0 Å². The maximum absolute atomic E-state index is 11.1. The fourth-order valence-electron chi connectivity index (χ4n) is 1.41. The van der Waals surface area contributed by atoms with E-state index in [0.717, 1.165) is 0 Å². The van der Waals surface area contributed by atoms with Crippen LogP contribution in [0.4, 0.5) is 0 Å². The molecule has 0 saturated carbocycles. The predicted molar refractivity (Wildman–Crippen MR) is 47.4 cm³/mol. The highest BCUT2D eigenvalue weighted by molar-refractivity contribution is 5.82. The Balaban J connectivity index is 2.10. The molecule has 2 atom stereocenters. The van der Waals surface area contributed by atoms with Crippen LogP contribution in [-0.4, -0.2) is 28.6 Å². The van der Waals surface area contributed by atoms with Crippen LogP contribution < -0.4 is 10.6 Å². The molecule has 1 aromatic rings. The third kappa shape index (κ3) is 1.60. The van der Waals surface area contributed by atoms with Gasteiger partial charge in [-0.05, 0) is 6.92 Å². The van der Waals surface area contributed by atoms with Crippen LogP contribution in [0.2, 0.25) is 0 Å². The summed E-state index contributed by atoms with van der Waals surface area (Å²) in [4.78, 5) is 15.2. The number of nitrogens with zero attached hydrogens (tertiary/aromatic N) is 2. The molecule has 0 radical (unpaired) electrons. The van der Waals surface area contributed by atoms with E-state index in [-0.39, 0.29) is 18.0 Å². The van der Waals surface area contributed by atoms with Crippen molar-refractivity contribution in [2.24, 2.45) is 0 Å². The fraction of sp³-hybridized carbons (Fsp3) is 0.625. The lowest BCUT2D eigenvalue weighted by Gasteiger charge is -2.26. The lowest BCUT2D eigenvalue weighted by molar-refractivity contribution is -0.124. The van der Waals surface area contributed by atoms with E-state index in [1.807, 2.05) is 0 Å². The highest BCUT2D eigenvalue weighted by Gasteiger charge is 2.27. The number of carbonyl (C=O) groups is 1. The van der Waals surface area contributed by atoms with Crippen LogP contribution in [0, 0.1) is 6.92 Å². The van der Waals surface area contributed by atoms with E-state index in [1.54, 1.807) is 13.8 Å². The second kappa shape index (κ2) is 3.38. The minimum Gasteiger partial charge on any atom is -0.353 e. The van der Waals surface area contributed by atoms with Gasteiger partial charge in [0.05, 0.1) is 12.1 Å². The lowest BCUT2D eigenvalue weighted by Crippen LogP contribution is -2.53. The van der Waals surface area contributed by atoms with E-state index in [1.165, 1.54) is 0 Å². The molecule has 1 aliphatic rings. The van der Waals surface area contributed by atoms with Crippen LogP contribution in [0.15, 0.2) is 4.52 Å². The van der Waals surface area contributed by atoms with Gasteiger partial charge in [0.2, 0.25) is 11.8 Å². The van der Waals surface area contributed by atoms with Gasteiger partial charge < -0.3 is 9.84 Å². The van der Waals surface area contributed by atoms with Crippen LogP contribution in [0.25, 0.3) is 0 Å². The van der Waals surface area contributed by atoms with Crippen LogP contribution in [0.5, 0.6) is 0 Å². The van der Waals surface area contributed by atoms with Gasteiger partial charge in [-0.1, -0.05) is 5.16 Å². The zero-order valence-electron chi connectivity index (χ0n) is 8.07. The van der Waals surface area contributed by atoms with Crippen molar-refractivity contribution < 1.29 is 9.32 Å². The summed E-state index contributed by atoms with van der Waals surface area (Å²) in [6, 6.07) is -0.271. The summed E-state index contributed by atoms with van der Waals surface area (Å²) in [6.45, 7) is 4.04. The average molecular weight is 196 g/mol. The monoisotopic (exact) mass is 196 g/mol. The van der Waals surface area contributed by atoms with Gasteiger partial charge in [-0.25, -0.2) is 0 Å². The van der Waals surface area contributed by atoms with Crippen LogP contribution in [0.3, 0.4) is 0 Å². The number of aromatic nitrogens is 2. The largest absolute Gasteiger partial charge is 0.353 e. The lowest BCUT2D eigenvalue weighted by atomic mass is 10.1. The number of rotatable bonds is 1. The molecule has 2 N–H and O–H groups in total. The molecule has 0 spiro atoms. The SMILES string of the molecule is Cc1nc(C2CNC(=O)[C@H](C)N2)no1. The summed E-state index contributed by atoms with van der Waals surface area (Å²) in [5.41, 5.74) is 0. The summed E-state index contributed by atoms with van der Waals surface area (Å²) in [7, 11) is 0. The Morgan fingerprint density at radius 3 is 2.93 bits per heavy atom. The molecular weight excluding hydrogens is 184 g/mol. The van der Waals surface area contributed by atoms with Gasteiger partial charge in [0.15, 0.2) is 5.82 Å². The Bertz CT molecular complexity index is 349. The van der Waals surface area contributed by atoms with Crippen molar-refractivity contribution in [1.29, 1.82) is 0 Å². The Morgan fingerprint density at radius 1 is 1.57 bits per heavy atom. The van der Waals surface area contributed by atoms with Gasteiger partial charge in [0, 0.05) is 13.5 Å². The second-order valence-electron chi connectivity index (χ2n) is 3.36. The minimum absolute atomic E-state index is 0.00136. The number of nitrogens with one attached hydrogen (secondary N) is 2. The molecule has 1 unspecified atom stereocenters. The van der Waals surface area contributed by atoms with Crippen molar-refractivity contribution in [3.8, 4) is 0 Å². The molecule has 6 nitrogen and oxygen atoms in total. The minimum atomic E-state index is -0.215. The van der Waals surface area contributed by atoms with E-state index in [0.29, 0.717) is 18.3 Å². The summed E-state index contributed by atoms with van der Waals surface area (Å²) in [5.74, 6) is 1.13.